The molecule has 1 heteroatoms. The molecule has 8 aromatic rings. The monoisotopic (exact) mass is 561 g/mol. The predicted octanol–water partition coefficient (Wildman–Crippen LogP) is 12.1. The van der Waals surface area contributed by atoms with Gasteiger partial charge in [-0.1, -0.05) is 135 Å². The standard InChI is InChI=1S/C43H31N/c1-43(2)38-24-21-30-13-7-8-16-35(30)41(38)42-37-18-10-9-17-36(37)40(27-39(42)43)44(33-22-19-28-11-3-5-14-31(28)25-33)34-23-20-29-12-4-6-15-32(29)26-34/h3-27H,1-2H3. The number of hydrogen-bond acceptors (Lipinski definition) is 1. The second-order valence-corrected chi connectivity index (χ2v) is 12.6. The number of hydrogen-bond donors (Lipinski definition) is 0. The molecular weight excluding hydrogens is 530 g/mol. The van der Waals surface area contributed by atoms with Crippen LogP contribution in [-0.4, -0.2) is 0 Å². The zero-order valence-corrected chi connectivity index (χ0v) is 24.9. The molecule has 0 aromatic heterocycles. The minimum absolute atomic E-state index is 0.147. The van der Waals surface area contributed by atoms with Gasteiger partial charge in [-0.3, -0.25) is 0 Å². The van der Waals surface area contributed by atoms with Gasteiger partial charge in [0.1, 0.15) is 0 Å². The smallest absolute Gasteiger partial charge is 0.0543 e. The molecule has 0 N–H and O–H groups in total. The molecule has 9 rings (SSSR count). The van der Waals surface area contributed by atoms with Crippen molar-refractivity contribution in [3.05, 3.63) is 163 Å². The molecule has 44 heavy (non-hydrogen) atoms. The fraction of sp³-hybridized carbons (Fsp3) is 0.0698. The summed E-state index contributed by atoms with van der Waals surface area (Å²) in [6.45, 7) is 4.78. The summed E-state index contributed by atoms with van der Waals surface area (Å²) in [4.78, 5) is 2.47. The van der Waals surface area contributed by atoms with E-state index in [-0.39, 0.29) is 5.41 Å². The zero-order chi connectivity index (χ0) is 29.4. The van der Waals surface area contributed by atoms with Crippen molar-refractivity contribution < 1.29 is 0 Å². The maximum Gasteiger partial charge on any atom is 0.0543 e. The Bertz CT molecular complexity index is 2350. The molecule has 208 valence electrons. The fourth-order valence-electron chi connectivity index (χ4n) is 7.57. The van der Waals surface area contributed by atoms with E-state index in [2.05, 4.69) is 170 Å². The molecule has 0 atom stereocenters. The van der Waals surface area contributed by atoms with Gasteiger partial charge in [-0.25, -0.2) is 0 Å². The van der Waals surface area contributed by atoms with Crippen LogP contribution in [0.15, 0.2) is 152 Å². The highest BCUT2D eigenvalue weighted by Gasteiger charge is 2.38. The Hall–Kier alpha value is -5.40. The Labute approximate surface area is 257 Å². The highest BCUT2D eigenvalue weighted by atomic mass is 15.1. The Morgan fingerprint density at radius 1 is 0.386 bits per heavy atom. The maximum absolute atomic E-state index is 2.48. The van der Waals surface area contributed by atoms with Gasteiger partial charge < -0.3 is 4.90 Å². The first-order valence-corrected chi connectivity index (χ1v) is 15.4. The Morgan fingerprint density at radius 3 is 1.50 bits per heavy atom. The average molecular weight is 562 g/mol. The summed E-state index contributed by atoms with van der Waals surface area (Å²) in [6.07, 6.45) is 0. The number of rotatable bonds is 3. The van der Waals surface area contributed by atoms with E-state index in [0.717, 1.165) is 11.4 Å². The summed E-state index contributed by atoms with van der Waals surface area (Å²) < 4.78 is 0. The SMILES string of the molecule is CC1(C)c2ccc3ccccc3c2-c2c1cc(N(c1ccc3ccccc3c1)c1ccc3ccccc3c1)c1ccccc21. The van der Waals surface area contributed by atoms with E-state index in [1.807, 2.05) is 0 Å². The first-order chi connectivity index (χ1) is 21.6. The molecule has 8 aromatic carbocycles. The van der Waals surface area contributed by atoms with Gasteiger partial charge in [-0.2, -0.15) is 0 Å². The van der Waals surface area contributed by atoms with Crippen molar-refractivity contribution in [1.29, 1.82) is 0 Å². The van der Waals surface area contributed by atoms with Crippen LogP contribution in [0.2, 0.25) is 0 Å². The van der Waals surface area contributed by atoms with Crippen LogP contribution in [0.5, 0.6) is 0 Å². The van der Waals surface area contributed by atoms with Gasteiger partial charge >= 0.3 is 0 Å². The lowest BCUT2D eigenvalue weighted by Gasteiger charge is -2.30. The molecule has 0 aliphatic heterocycles. The van der Waals surface area contributed by atoms with E-state index >= 15 is 0 Å². The lowest BCUT2D eigenvalue weighted by Crippen LogP contribution is -2.17. The number of benzene rings is 8. The average Bonchev–Trinajstić information content (AvgIpc) is 3.31. The summed E-state index contributed by atoms with van der Waals surface area (Å²) in [6, 6.07) is 56.0. The minimum atomic E-state index is -0.147. The molecule has 0 radical (unpaired) electrons. The summed E-state index contributed by atoms with van der Waals surface area (Å²) in [7, 11) is 0. The zero-order valence-electron chi connectivity index (χ0n) is 24.9. The van der Waals surface area contributed by atoms with Crippen LogP contribution in [0, 0.1) is 0 Å². The first-order valence-electron chi connectivity index (χ1n) is 15.4. The summed E-state index contributed by atoms with van der Waals surface area (Å²) in [5, 5.41) is 10.1. The lowest BCUT2D eigenvalue weighted by molar-refractivity contribution is 0.661. The van der Waals surface area contributed by atoms with E-state index in [1.165, 1.54) is 71.0 Å². The Kier molecular flexibility index (Phi) is 5.31. The van der Waals surface area contributed by atoms with Crippen molar-refractivity contribution in [3.8, 4) is 11.1 Å². The van der Waals surface area contributed by atoms with Gasteiger partial charge in [-0.15, -0.1) is 0 Å². The Morgan fingerprint density at radius 2 is 0.864 bits per heavy atom. The third kappa shape index (κ3) is 3.59. The molecule has 0 spiro atoms. The van der Waals surface area contributed by atoms with Crippen LogP contribution in [-0.2, 0) is 5.41 Å². The first kappa shape index (κ1) is 25.1. The quantitative estimate of drug-likeness (QED) is 0.207. The highest BCUT2D eigenvalue weighted by molar-refractivity contribution is 6.15. The van der Waals surface area contributed by atoms with E-state index in [1.54, 1.807) is 0 Å². The summed E-state index contributed by atoms with van der Waals surface area (Å²) >= 11 is 0. The second kappa shape index (κ2) is 9.30. The van der Waals surface area contributed by atoms with E-state index in [4.69, 9.17) is 0 Å². The number of anilines is 3. The van der Waals surface area contributed by atoms with Crippen molar-refractivity contribution >= 4 is 60.2 Å². The number of nitrogens with zero attached hydrogens (tertiary/aromatic N) is 1. The largest absolute Gasteiger partial charge is 0.310 e. The summed E-state index contributed by atoms with van der Waals surface area (Å²) in [5.41, 5.74) is 8.90. The second-order valence-electron chi connectivity index (χ2n) is 12.6. The van der Waals surface area contributed by atoms with Gasteiger partial charge in [0, 0.05) is 22.2 Å². The predicted molar refractivity (Wildman–Crippen MR) is 189 cm³/mol. The molecule has 1 aliphatic rings. The summed E-state index contributed by atoms with van der Waals surface area (Å²) in [5.74, 6) is 0. The van der Waals surface area contributed by atoms with Crippen molar-refractivity contribution in [2.45, 2.75) is 19.3 Å². The van der Waals surface area contributed by atoms with Crippen LogP contribution >= 0.6 is 0 Å². The molecular formula is C43H31N. The molecule has 1 aliphatic carbocycles. The van der Waals surface area contributed by atoms with Crippen LogP contribution in [0.25, 0.3) is 54.2 Å². The molecule has 0 unspecified atom stereocenters. The van der Waals surface area contributed by atoms with Crippen LogP contribution in [0.3, 0.4) is 0 Å². The third-order valence-corrected chi connectivity index (χ3v) is 9.77. The van der Waals surface area contributed by atoms with E-state index in [0.29, 0.717) is 0 Å². The molecule has 0 fully saturated rings. The van der Waals surface area contributed by atoms with Crippen LogP contribution in [0.1, 0.15) is 25.0 Å². The van der Waals surface area contributed by atoms with Gasteiger partial charge in [0.15, 0.2) is 0 Å². The third-order valence-electron chi connectivity index (χ3n) is 9.77. The lowest BCUT2D eigenvalue weighted by atomic mass is 9.81. The van der Waals surface area contributed by atoms with Gasteiger partial charge in [-0.05, 0) is 90.3 Å². The number of fused-ring (bicyclic) bond motifs is 9. The fourth-order valence-corrected chi connectivity index (χ4v) is 7.57. The maximum atomic E-state index is 2.48. The topological polar surface area (TPSA) is 3.24 Å². The molecule has 1 nitrogen and oxygen atoms in total. The van der Waals surface area contributed by atoms with Crippen LogP contribution in [0.4, 0.5) is 17.1 Å². The molecule has 0 heterocycles. The van der Waals surface area contributed by atoms with Crippen molar-refractivity contribution in [2.24, 2.45) is 0 Å². The van der Waals surface area contributed by atoms with Crippen molar-refractivity contribution in [3.63, 3.8) is 0 Å². The van der Waals surface area contributed by atoms with Gasteiger partial charge in [0.25, 0.3) is 0 Å². The minimum Gasteiger partial charge on any atom is -0.310 e. The van der Waals surface area contributed by atoms with Crippen LogP contribution < -0.4 is 4.90 Å². The highest BCUT2D eigenvalue weighted by Crippen LogP contribution is 2.56. The van der Waals surface area contributed by atoms with Gasteiger partial charge in [0.05, 0.1) is 5.69 Å². The van der Waals surface area contributed by atoms with Crippen molar-refractivity contribution in [1.82, 2.24) is 0 Å². The molecule has 0 bridgehead atoms. The van der Waals surface area contributed by atoms with E-state index in [9.17, 15) is 0 Å². The molecule has 0 amide bonds. The molecule has 0 saturated carbocycles. The van der Waals surface area contributed by atoms with Gasteiger partial charge in [0.2, 0.25) is 0 Å². The Balaban J connectivity index is 1.38. The molecule has 0 saturated heterocycles. The normalized spacial score (nSPS) is 13.4. The van der Waals surface area contributed by atoms with Crippen molar-refractivity contribution in [2.75, 3.05) is 4.90 Å². The van der Waals surface area contributed by atoms with E-state index < -0.39 is 0 Å².